The Morgan fingerprint density at radius 1 is 1.26 bits per heavy atom. The molecule has 0 saturated carbocycles. The Hall–Kier alpha value is -3.02. The van der Waals surface area contributed by atoms with Gasteiger partial charge in [0, 0.05) is 18.8 Å². The summed E-state index contributed by atoms with van der Waals surface area (Å²) in [5.41, 5.74) is 3.14. The Bertz CT molecular complexity index is 909. The molecule has 1 amide bonds. The van der Waals surface area contributed by atoms with E-state index in [0.717, 1.165) is 23.4 Å². The smallest absolute Gasteiger partial charge is 0.287 e. The number of carbonyl (C=O) groups is 1. The maximum Gasteiger partial charge on any atom is 0.287 e. The van der Waals surface area contributed by atoms with Crippen LogP contribution in [0.15, 0.2) is 47.0 Å². The highest BCUT2D eigenvalue weighted by Crippen LogP contribution is 2.18. The van der Waals surface area contributed by atoms with E-state index >= 15 is 0 Å². The standard InChI is InChI=1S/C21H25N3O3/c1-5-16-6-8-17(9-7-16)26-13-18-10-11-20(27-18)21(25)22-14(2)19-12-24(4)23-15(19)3/h6-12,14H,5,13H2,1-4H3,(H,22,25). The first-order valence-corrected chi connectivity index (χ1v) is 9.07. The fourth-order valence-corrected chi connectivity index (χ4v) is 2.94. The van der Waals surface area contributed by atoms with Gasteiger partial charge in [0.05, 0.1) is 11.7 Å². The Labute approximate surface area is 159 Å². The molecule has 1 N–H and O–H groups in total. The van der Waals surface area contributed by atoms with Crippen LogP contribution in [0.2, 0.25) is 0 Å². The summed E-state index contributed by atoms with van der Waals surface area (Å²) in [6, 6.07) is 11.2. The minimum absolute atomic E-state index is 0.159. The average Bonchev–Trinajstić information content (AvgIpc) is 3.26. The number of ether oxygens (including phenoxy) is 1. The van der Waals surface area contributed by atoms with Crippen LogP contribution in [-0.2, 0) is 20.1 Å². The average molecular weight is 367 g/mol. The summed E-state index contributed by atoms with van der Waals surface area (Å²) < 4.78 is 13.1. The normalized spacial score (nSPS) is 12.0. The largest absolute Gasteiger partial charge is 0.486 e. The maximum atomic E-state index is 12.4. The molecule has 3 aromatic rings. The zero-order valence-electron chi connectivity index (χ0n) is 16.2. The highest BCUT2D eigenvalue weighted by Gasteiger charge is 2.18. The molecule has 0 aliphatic heterocycles. The van der Waals surface area contributed by atoms with Gasteiger partial charge in [-0.3, -0.25) is 9.48 Å². The predicted octanol–water partition coefficient (Wildman–Crippen LogP) is 3.95. The number of furan rings is 1. The van der Waals surface area contributed by atoms with Gasteiger partial charge < -0.3 is 14.5 Å². The number of aryl methyl sites for hydroxylation is 3. The molecule has 0 radical (unpaired) electrons. The lowest BCUT2D eigenvalue weighted by Crippen LogP contribution is -2.26. The Balaban J connectivity index is 1.57. The lowest BCUT2D eigenvalue weighted by Gasteiger charge is -2.12. The number of nitrogens with zero attached hydrogens (tertiary/aromatic N) is 2. The Kier molecular flexibility index (Phi) is 5.64. The van der Waals surface area contributed by atoms with Crippen molar-refractivity contribution in [2.45, 2.75) is 39.8 Å². The second kappa shape index (κ2) is 8.12. The minimum Gasteiger partial charge on any atom is -0.486 e. The second-order valence-corrected chi connectivity index (χ2v) is 6.59. The third-order valence-electron chi connectivity index (χ3n) is 4.46. The summed E-state index contributed by atoms with van der Waals surface area (Å²) >= 11 is 0. The molecule has 1 atom stereocenters. The number of amides is 1. The zero-order valence-corrected chi connectivity index (χ0v) is 16.2. The van der Waals surface area contributed by atoms with Gasteiger partial charge in [0.2, 0.25) is 0 Å². The van der Waals surface area contributed by atoms with Crippen LogP contribution in [-0.4, -0.2) is 15.7 Å². The molecule has 0 aliphatic rings. The third kappa shape index (κ3) is 4.58. The molecule has 0 spiro atoms. The lowest BCUT2D eigenvalue weighted by molar-refractivity contribution is 0.0907. The molecule has 0 fully saturated rings. The molecule has 3 rings (SSSR count). The monoisotopic (exact) mass is 367 g/mol. The lowest BCUT2D eigenvalue weighted by atomic mass is 10.1. The summed E-state index contributed by atoms with van der Waals surface area (Å²) in [6.45, 7) is 6.24. The van der Waals surface area contributed by atoms with E-state index in [9.17, 15) is 4.79 Å². The molecular formula is C21H25N3O3. The molecule has 1 aromatic carbocycles. The summed E-state index contributed by atoms with van der Waals surface area (Å²) in [6.07, 6.45) is 2.90. The van der Waals surface area contributed by atoms with Crippen molar-refractivity contribution in [1.82, 2.24) is 15.1 Å². The maximum absolute atomic E-state index is 12.4. The SMILES string of the molecule is CCc1ccc(OCc2ccc(C(=O)NC(C)c3cn(C)nc3C)o2)cc1. The van der Waals surface area contributed by atoms with E-state index in [1.165, 1.54) is 5.56 Å². The van der Waals surface area contributed by atoms with Crippen molar-refractivity contribution in [3.63, 3.8) is 0 Å². The number of carbonyl (C=O) groups excluding carboxylic acids is 1. The first kappa shape index (κ1) is 18.8. The first-order chi connectivity index (χ1) is 13.0. The third-order valence-corrected chi connectivity index (χ3v) is 4.46. The Morgan fingerprint density at radius 3 is 2.63 bits per heavy atom. The molecule has 0 aliphatic carbocycles. The summed E-state index contributed by atoms with van der Waals surface area (Å²) in [5.74, 6) is 1.38. The molecule has 6 nitrogen and oxygen atoms in total. The number of hydrogen-bond donors (Lipinski definition) is 1. The van der Waals surface area contributed by atoms with E-state index < -0.39 is 0 Å². The fraction of sp³-hybridized carbons (Fsp3) is 0.333. The number of rotatable bonds is 7. The van der Waals surface area contributed by atoms with Gasteiger partial charge in [0.1, 0.15) is 18.1 Å². The van der Waals surface area contributed by atoms with Gasteiger partial charge in [-0.15, -0.1) is 0 Å². The summed E-state index contributed by atoms with van der Waals surface area (Å²) in [5, 5.41) is 7.25. The van der Waals surface area contributed by atoms with Gasteiger partial charge in [0.25, 0.3) is 5.91 Å². The van der Waals surface area contributed by atoms with Gasteiger partial charge >= 0.3 is 0 Å². The van der Waals surface area contributed by atoms with E-state index in [4.69, 9.17) is 9.15 Å². The van der Waals surface area contributed by atoms with Crippen LogP contribution in [0.5, 0.6) is 5.75 Å². The fourth-order valence-electron chi connectivity index (χ4n) is 2.94. The number of aromatic nitrogens is 2. The second-order valence-electron chi connectivity index (χ2n) is 6.59. The van der Waals surface area contributed by atoms with Crippen molar-refractivity contribution in [3.8, 4) is 5.75 Å². The minimum atomic E-state index is -0.260. The summed E-state index contributed by atoms with van der Waals surface area (Å²) in [7, 11) is 1.86. The van der Waals surface area contributed by atoms with E-state index in [1.807, 2.05) is 51.4 Å². The van der Waals surface area contributed by atoms with Crippen molar-refractivity contribution in [2.75, 3.05) is 0 Å². The van der Waals surface area contributed by atoms with Crippen LogP contribution >= 0.6 is 0 Å². The van der Waals surface area contributed by atoms with Crippen molar-refractivity contribution in [1.29, 1.82) is 0 Å². The molecule has 0 bridgehead atoms. The van der Waals surface area contributed by atoms with Crippen LogP contribution in [0.1, 0.15) is 53.0 Å². The van der Waals surface area contributed by atoms with Crippen molar-refractivity contribution in [2.24, 2.45) is 7.05 Å². The number of benzene rings is 1. The molecule has 0 saturated heterocycles. The predicted molar refractivity (Wildman–Crippen MR) is 103 cm³/mol. The van der Waals surface area contributed by atoms with Crippen LogP contribution in [0.25, 0.3) is 0 Å². The number of hydrogen-bond acceptors (Lipinski definition) is 4. The molecule has 27 heavy (non-hydrogen) atoms. The first-order valence-electron chi connectivity index (χ1n) is 9.07. The number of nitrogens with one attached hydrogen (secondary N) is 1. The van der Waals surface area contributed by atoms with Gasteiger partial charge in [-0.25, -0.2) is 0 Å². The molecule has 6 heteroatoms. The van der Waals surface area contributed by atoms with Crippen molar-refractivity contribution < 1.29 is 13.9 Å². The van der Waals surface area contributed by atoms with E-state index in [2.05, 4.69) is 17.3 Å². The van der Waals surface area contributed by atoms with Crippen molar-refractivity contribution in [3.05, 3.63) is 70.9 Å². The molecule has 1 unspecified atom stereocenters. The van der Waals surface area contributed by atoms with Crippen molar-refractivity contribution >= 4 is 5.91 Å². The molecular weight excluding hydrogens is 342 g/mol. The highest BCUT2D eigenvalue weighted by atomic mass is 16.5. The van der Waals surface area contributed by atoms with Crippen LogP contribution < -0.4 is 10.1 Å². The van der Waals surface area contributed by atoms with E-state index in [0.29, 0.717) is 5.76 Å². The highest BCUT2D eigenvalue weighted by molar-refractivity contribution is 5.91. The van der Waals surface area contributed by atoms with Crippen LogP contribution in [0.3, 0.4) is 0 Å². The topological polar surface area (TPSA) is 69.3 Å². The van der Waals surface area contributed by atoms with Gasteiger partial charge in [0.15, 0.2) is 5.76 Å². The summed E-state index contributed by atoms with van der Waals surface area (Å²) in [4.78, 5) is 12.4. The van der Waals surface area contributed by atoms with E-state index in [-0.39, 0.29) is 24.3 Å². The van der Waals surface area contributed by atoms with Crippen LogP contribution in [0.4, 0.5) is 0 Å². The molecule has 142 valence electrons. The molecule has 2 aromatic heterocycles. The van der Waals surface area contributed by atoms with E-state index in [1.54, 1.807) is 16.8 Å². The van der Waals surface area contributed by atoms with Gasteiger partial charge in [-0.1, -0.05) is 19.1 Å². The van der Waals surface area contributed by atoms with Gasteiger partial charge in [-0.2, -0.15) is 5.10 Å². The van der Waals surface area contributed by atoms with Gasteiger partial charge in [-0.05, 0) is 50.1 Å². The Morgan fingerprint density at radius 2 is 2.00 bits per heavy atom. The zero-order chi connectivity index (χ0) is 19.4. The molecule has 2 heterocycles. The quantitative estimate of drug-likeness (QED) is 0.686. The van der Waals surface area contributed by atoms with Crippen LogP contribution in [0, 0.1) is 6.92 Å².